The van der Waals surface area contributed by atoms with Crippen molar-refractivity contribution in [2.24, 2.45) is 5.92 Å². The Hall–Kier alpha value is -3.95. The highest BCUT2D eigenvalue weighted by molar-refractivity contribution is 6.27. The molecule has 1 aliphatic heterocycles. The van der Waals surface area contributed by atoms with Crippen molar-refractivity contribution in [2.75, 3.05) is 12.0 Å². The molecule has 2 aromatic carbocycles. The number of nitrogens with zero attached hydrogens (tertiary/aromatic N) is 5. The summed E-state index contributed by atoms with van der Waals surface area (Å²) in [7, 11) is 1.66. The molecule has 1 aliphatic rings. The molecule has 9 heteroatoms. The molecule has 5 rings (SSSR count). The lowest BCUT2D eigenvalue weighted by atomic mass is 9.98. The molecule has 0 bridgehead atoms. The number of benzene rings is 2. The summed E-state index contributed by atoms with van der Waals surface area (Å²) in [6.45, 7) is 4.17. The molecule has 0 aliphatic carbocycles. The fourth-order valence-electron chi connectivity index (χ4n) is 4.77. The summed E-state index contributed by atoms with van der Waals surface area (Å²) in [5.41, 5.74) is 1.47. The van der Waals surface area contributed by atoms with Crippen LogP contribution < -0.4 is 4.90 Å². The Morgan fingerprint density at radius 3 is 2.14 bits per heavy atom. The van der Waals surface area contributed by atoms with Crippen LogP contribution in [-0.2, 0) is 9.47 Å². The van der Waals surface area contributed by atoms with Gasteiger partial charge in [-0.3, -0.25) is 14.2 Å². The van der Waals surface area contributed by atoms with E-state index in [9.17, 15) is 9.59 Å². The van der Waals surface area contributed by atoms with Crippen LogP contribution in [-0.4, -0.2) is 50.7 Å². The van der Waals surface area contributed by atoms with Gasteiger partial charge >= 0.3 is 0 Å². The van der Waals surface area contributed by atoms with Gasteiger partial charge in [-0.1, -0.05) is 50.2 Å². The number of imidazole rings is 1. The molecule has 1 fully saturated rings. The van der Waals surface area contributed by atoms with Gasteiger partial charge in [0.05, 0.1) is 12.4 Å². The summed E-state index contributed by atoms with van der Waals surface area (Å²) in [6.07, 6.45) is 3.13. The predicted molar refractivity (Wildman–Crippen MR) is 134 cm³/mol. The van der Waals surface area contributed by atoms with Crippen LogP contribution in [0.1, 0.15) is 47.2 Å². The standard InChI is InChI=1S/C27H27N5O4/c1-4-20-17(2)22(35-3)27(36-20)31-16-30-21-23(31)28-15-29-24(21)32(25(33)18-11-7-5-8-12-18)26(34)19-13-9-6-10-14-19/h5-17,20,22,27H,4H2,1-3H3/t17-,20-,22-,27-/m1/s1. The van der Waals surface area contributed by atoms with E-state index >= 15 is 0 Å². The van der Waals surface area contributed by atoms with Crippen LogP contribution in [0, 0.1) is 5.92 Å². The molecule has 2 aromatic heterocycles. The monoisotopic (exact) mass is 485 g/mol. The number of hydrogen-bond donors (Lipinski definition) is 0. The first-order chi connectivity index (χ1) is 17.5. The second-order valence-electron chi connectivity index (χ2n) is 8.73. The average Bonchev–Trinajstić information content (AvgIpc) is 3.50. The van der Waals surface area contributed by atoms with Crippen molar-refractivity contribution >= 4 is 28.8 Å². The lowest BCUT2D eigenvalue weighted by molar-refractivity contribution is -0.0484. The number of anilines is 1. The fraction of sp³-hybridized carbons (Fsp3) is 0.296. The number of carbonyl (C=O) groups excluding carboxylic acids is 2. The molecule has 0 radical (unpaired) electrons. The van der Waals surface area contributed by atoms with Crippen LogP contribution in [0.25, 0.3) is 11.2 Å². The Morgan fingerprint density at radius 2 is 1.58 bits per heavy atom. The third-order valence-corrected chi connectivity index (χ3v) is 6.65. The van der Waals surface area contributed by atoms with E-state index in [1.54, 1.807) is 66.5 Å². The van der Waals surface area contributed by atoms with E-state index in [0.29, 0.717) is 22.3 Å². The largest absolute Gasteiger partial charge is 0.376 e. The summed E-state index contributed by atoms with van der Waals surface area (Å²) < 4.78 is 13.9. The molecule has 9 nitrogen and oxygen atoms in total. The zero-order valence-electron chi connectivity index (χ0n) is 20.3. The highest BCUT2D eigenvalue weighted by atomic mass is 16.6. The smallest absolute Gasteiger partial charge is 0.266 e. The van der Waals surface area contributed by atoms with Gasteiger partial charge in [0, 0.05) is 24.2 Å². The van der Waals surface area contributed by atoms with Crippen molar-refractivity contribution in [3.8, 4) is 0 Å². The number of methoxy groups -OCH3 is 1. The quantitative estimate of drug-likeness (QED) is 0.376. The summed E-state index contributed by atoms with van der Waals surface area (Å²) in [4.78, 5) is 41.7. The fourth-order valence-corrected chi connectivity index (χ4v) is 4.77. The molecule has 184 valence electrons. The predicted octanol–water partition coefficient (Wildman–Crippen LogP) is 4.27. The molecule has 0 unspecified atom stereocenters. The second kappa shape index (κ2) is 9.96. The van der Waals surface area contributed by atoms with E-state index in [1.807, 2.05) is 12.1 Å². The minimum atomic E-state index is -0.509. The molecule has 4 aromatic rings. The molecule has 0 N–H and O–H groups in total. The molecular weight excluding hydrogens is 458 g/mol. The third kappa shape index (κ3) is 4.06. The molecule has 0 saturated carbocycles. The molecule has 36 heavy (non-hydrogen) atoms. The SMILES string of the molecule is CC[C@H]1O[C@@H](n2cnc3c(N(C(=O)c4ccccc4)C(=O)c4ccccc4)ncnc32)[C@H](OC)[C@@H]1C. The van der Waals surface area contributed by atoms with Gasteiger partial charge in [-0.15, -0.1) is 0 Å². The molecule has 0 spiro atoms. The summed E-state index contributed by atoms with van der Waals surface area (Å²) in [5.74, 6) is -0.746. The van der Waals surface area contributed by atoms with Crippen LogP contribution in [0.15, 0.2) is 73.3 Å². The van der Waals surface area contributed by atoms with E-state index in [-0.39, 0.29) is 23.9 Å². The Kier molecular flexibility index (Phi) is 6.58. The van der Waals surface area contributed by atoms with E-state index in [0.717, 1.165) is 11.3 Å². The van der Waals surface area contributed by atoms with Gasteiger partial charge in [0.2, 0.25) is 0 Å². The first kappa shape index (κ1) is 23.8. The normalized spacial score (nSPS) is 21.5. The number of carbonyl (C=O) groups is 2. The van der Waals surface area contributed by atoms with Crippen molar-refractivity contribution in [3.05, 3.63) is 84.4 Å². The van der Waals surface area contributed by atoms with Crippen LogP contribution in [0.3, 0.4) is 0 Å². The molecule has 1 saturated heterocycles. The third-order valence-electron chi connectivity index (χ3n) is 6.65. The summed E-state index contributed by atoms with van der Waals surface area (Å²) >= 11 is 0. The molecule has 3 heterocycles. The average molecular weight is 486 g/mol. The van der Waals surface area contributed by atoms with E-state index in [2.05, 4.69) is 28.8 Å². The second-order valence-corrected chi connectivity index (χ2v) is 8.73. The Labute approximate surface area is 208 Å². The number of ether oxygens (including phenoxy) is 2. The van der Waals surface area contributed by atoms with Crippen molar-refractivity contribution in [1.29, 1.82) is 0 Å². The van der Waals surface area contributed by atoms with Crippen molar-refractivity contribution < 1.29 is 19.1 Å². The molecule has 4 atom stereocenters. The maximum Gasteiger partial charge on any atom is 0.266 e. The van der Waals surface area contributed by atoms with Gasteiger partial charge in [0.15, 0.2) is 23.2 Å². The zero-order valence-corrected chi connectivity index (χ0v) is 20.3. The number of hydrogen-bond acceptors (Lipinski definition) is 7. The topological polar surface area (TPSA) is 99.4 Å². The number of aromatic nitrogens is 4. The number of fused-ring (bicyclic) bond motifs is 1. The number of rotatable bonds is 6. The van der Waals surface area contributed by atoms with E-state index in [1.165, 1.54) is 6.33 Å². The Morgan fingerprint density at radius 1 is 0.972 bits per heavy atom. The van der Waals surface area contributed by atoms with E-state index < -0.39 is 18.0 Å². The molecule has 2 amide bonds. The first-order valence-corrected chi connectivity index (χ1v) is 11.9. The molecular formula is C27H27N5O4. The van der Waals surface area contributed by atoms with Gasteiger partial charge in [-0.2, -0.15) is 0 Å². The zero-order chi connectivity index (χ0) is 25.2. The minimum absolute atomic E-state index is 0.0227. The van der Waals surface area contributed by atoms with Crippen molar-refractivity contribution in [3.63, 3.8) is 0 Å². The van der Waals surface area contributed by atoms with Crippen LogP contribution in [0.2, 0.25) is 0 Å². The lowest BCUT2D eigenvalue weighted by Gasteiger charge is -2.22. The van der Waals surface area contributed by atoms with Crippen LogP contribution >= 0.6 is 0 Å². The van der Waals surface area contributed by atoms with Gasteiger partial charge in [0.1, 0.15) is 12.4 Å². The maximum atomic E-state index is 13.7. The van der Waals surface area contributed by atoms with Gasteiger partial charge in [-0.25, -0.2) is 19.9 Å². The van der Waals surface area contributed by atoms with Gasteiger partial charge < -0.3 is 9.47 Å². The number of imide groups is 1. The highest BCUT2D eigenvalue weighted by Gasteiger charge is 2.43. The first-order valence-electron chi connectivity index (χ1n) is 11.9. The van der Waals surface area contributed by atoms with E-state index in [4.69, 9.17) is 9.47 Å². The lowest BCUT2D eigenvalue weighted by Crippen LogP contribution is -2.38. The highest BCUT2D eigenvalue weighted by Crippen LogP contribution is 2.39. The Bertz CT molecular complexity index is 1320. The van der Waals surface area contributed by atoms with Crippen LogP contribution in [0.5, 0.6) is 0 Å². The van der Waals surface area contributed by atoms with Crippen molar-refractivity contribution in [2.45, 2.75) is 38.7 Å². The number of amides is 2. The van der Waals surface area contributed by atoms with Crippen molar-refractivity contribution in [1.82, 2.24) is 19.5 Å². The summed E-state index contributed by atoms with van der Waals surface area (Å²) in [6, 6.07) is 17.2. The van der Waals surface area contributed by atoms with Gasteiger partial charge in [0.25, 0.3) is 11.8 Å². The Balaban J connectivity index is 1.63. The van der Waals surface area contributed by atoms with Crippen LogP contribution in [0.4, 0.5) is 5.82 Å². The minimum Gasteiger partial charge on any atom is -0.376 e. The van der Waals surface area contributed by atoms with Gasteiger partial charge in [-0.05, 0) is 30.7 Å². The maximum absolute atomic E-state index is 13.7. The summed E-state index contributed by atoms with van der Waals surface area (Å²) in [5, 5.41) is 0.